The molecule has 5 rings (SSSR count). The Hall–Kier alpha value is -3.80. The van der Waals surface area contributed by atoms with E-state index in [2.05, 4.69) is 5.32 Å². The molecule has 0 unspecified atom stereocenters. The van der Waals surface area contributed by atoms with Gasteiger partial charge in [0.15, 0.2) is 0 Å². The summed E-state index contributed by atoms with van der Waals surface area (Å²) < 4.78 is 11.2. The first-order valence-electron chi connectivity index (χ1n) is 9.79. The van der Waals surface area contributed by atoms with E-state index in [1.807, 2.05) is 60.7 Å². The molecule has 3 aromatic carbocycles. The second-order valence-corrected chi connectivity index (χ2v) is 7.38. The molecule has 1 fully saturated rings. The Labute approximate surface area is 173 Å². The molecule has 0 radical (unpaired) electrons. The molecule has 1 atom stereocenters. The van der Waals surface area contributed by atoms with Gasteiger partial charge in [0.1, 0.15) is 16.9 Å². The molecule has 6 nitrogen and oxygen atoms in total. The summed E-state index contributed by atoms with van der Waals surface area (Å²) >= 11 is 0. The van der Waals surface area contributed by atoms with Crippen molar-refractivity contribution in [1.82, 2.24) is 0 Å². The Balaban J connectivity index is 1.35. The van der Waals surface area contributed by atoms with E-state index in [0.29, 0.717) is 29.3 Å². The number of fused-ring (bicyclic) bond motifs is 3. The summed E-state index contributed by atoms with van der Waals surface area (Å²) in [5.74, 6) is -0.0976. The highest BCUT2D eigenvalue weighted by Gasteiger charge is 2.36. The van der Waals surface area contributed by atoms with Crippen molar-refractivity contribution in [3.05, 3.63) is 66.7 Å². The van der Waals surface area contributed by atoms with Gasteiger partial charge in [0.05, 0.1) is 18.7 Å². The summed E-state index contributed by atoms with van der Waals surface area (Å²) in [5, 5.41) is 4.98. The van der Waals surface area contributed by atoms with Crippen LogP contribution in [-0.4, -0.2) is 25.5 Å². The van der Waals surface area contributed by atoms with Crippen molar-refractivity contribution in [1.29, 1.82) is 0 Å². The molecule has 0 bridgehead atoms. The number of benzene rings is 3. The number of rotatable bonds is 4. The number of hydrogen-bond acceptors (Lipinski definition) is 4. The van der Waals surface area contributed by atoms with Gasteiger partial charge in [-0.25, -0.2) is 0 Å². The maximum absolute atomic E-state index is 12.8. The third-order valence-corrected chi connectivity index (χ3v) is 5.52. The number of nitrogens with zero attached hydrogens (tertiary/aromatic N) is 1. The minimum Gasteiger partial charge on any atom is -0.495 e. The number of carbonyl (C=O) groups is 2. The van der Waals surface area contributed by atoms with Crippen LogP contribution in [0.4, 0.5) is 11.4 Å². The predicted octanol–water partition coefficient (Wildman–Crippen LogP) is 4.59. The number of nitrogens with one attached hydrogen (secondary N) is 1. The van der Waals surface area contributed by atoms with E-state index in [-0.39, 0.29) is 18.2 Å². The number of ether oxygens (including phenoxy) is 1. The van der Waals surface area contributed by atoms with Crippen LogP contribution in [0, 0.1) is 5.92 Å². The van der Waals surface area contributed by atoms with Gasteiger partial charge < -0.3 is 19.4 Å². The lowest BCUT2D eigenvalue weighted by Gasteiger charge is -2.19. The Morgan fingerprint density at radius 3 is 2.67 bits per heavy atom. The molecule has 0 spiro atoms. The lowest BCUT2D eigenvalue weighted by Crippen LogP contribution is -2.28. The molecule has 1 N–H and O–H groups in total. The van der Waals surface area contributed by atoms with E-state index in [9.17, 15) is 9.59 Å². The zero-order valence-corrected chi connectivity index (χ0v) is 16.4. The van der Waals surface area contributed by atoms with Crippen molar-refractivity contribution in [2.75, 3.05) is 23.9 Å². The van der Waals surface area contributed by atoms with Crippen LogP contribution in [0.3, 0.4) is 0 Å². The number of anilines is 2. The molecular weight excluding hydrogens is 380 g/mol. The Kier molecular flexibility index (Phi) is 4.39. The maximum atomic E-state index is 12.8. The third-order valence-electron chi connectivity index (χ3n) is 5.52. The van der Waals surface area contributed by atoms with E-state index in [4.69, 9.17) is 9.15 Å². The molecule has 0 aliphatic carbocycles. The summed E-state index contributed by atoms with van der Waals surface area (Å²) in [6.45, 7) is 0.317. The standard InChI is InChI=1S/C24H20N2O4/c1-29-21-9-5-3-7-19(21)26-14-15(12-23(26)27)24(28)25-16-10-11-18-17-6-2-4-8-20(17)30-22(18)13-16/h2-11,13,15H,12,14H2,1H3,(H,25,28)/t15-/m0/s1. The average molecular weight is 400 g/mol. The van der Waals surface area contributed by atoms with Gasteiger partial charge in [-0.1, -0.05) is 30.3 Å². The molecule has 1 aliphatic rings. The average Bonchev–Trinajstić information content (AvgIpc) is 3.33. The summed E-state index contributed by atoms with van der Waals surface area (Å²) in [7, 11) is 1.57. The second kappa shape index (κ2) is 7.22. The lowest BCUT2D eigenvalue weighted by molar-refractivity contribution is -0.122. The Bertz CT molecular complexity index is 1280. The van der Waals surface area contributed by atoms with Crippen LogP contribution in [0.1, 0.15) is 6.42 Å². The van der Waals surface area contributed by atoms with Crippen molar-refractivity contribution in [3.8, 4) is 5.75 Å². The second-order valence-electron chi connectivity index (χ2n) is 7.38. The predicted molar refractivity (Wildman–Crippen MR) is 116 cm³/mol. The molecule has 1 aromatic heterocycles. The maximum Gasteiger partial charge on any atom is 0.229 e. The van der Waals surface area contributed by atoms with E-state index in [1.165, 1.54) is 0 Å². The first-order valence-corrected chi connectivity index (χ1v) is 9.79. The normalized spacial score (nSPS) is 16.4. The molecular formula is C24H20N2O4. The van der Waals surface area contributed by atoms with Gasteiger partial charge in [-0.3, -0.25) is 9.59 Å². The summed E-state index contributed by atoms with van der Waals surface area (Å²) in [4.78, 5) is 27.0. The molecule has 4 aromatic rings. The molecule has 2 heterocycles. The highest BCUT2D eigenvalue weighted by molar-refractivity contribution is 6.07. The van der Waals surface area contributed by atoms with Crippen LogP contribution in [-0.2, 0) is 9.59 Å². The van der Waals surface area contributed by atoms with Gasteiger partial charge in [0, 0.05) is 35.5 Å². The van der Waals surface area contributed by atoms with Gasteiger partial charge in [-0.2, -0.15) is 0 Å². The summed E-state index contributed by atoms with van der Waals surface area (Å²) in [5.41, 5.74) is 2.86. The minimum atomic E-state index is -0.436. The summed E-state index contributed by atoms with van der Waals surface area (Å²) in [6, 6.07) is 20.8. The number of carbonyl (C=O) groups excluding carboxylic acids is 2. The van der Waals surface area contributed by atoms with Crippen molar-refractivity contribution in [2.24, 2.45) is 5.92 Å². The first-order chi connectivity index (χ1) is 14.6. The highest BCUT2D eigenvalue weighted by Crippen LogP contribution is 2.34. The zero-order chi connectivity index (χ0) is 20.7. The summed E-state index contributed by atoms with van der Waals surface area (Å²) in [6.07, 6.45) is 0.163. The van der Waals surface area contributed by atoms with Crippen LogP contribution in [0.15, 0.2) is 71.1 Å². The van der Waals surface area contributed by atoms with E-state index in [0.717, 1.165) is 16.4 Å². The van der Waals surface area contributed by atoms with Crippen molar-refractivity contribution >= 4 is 45.1 Å². The SMILES string of the molecule is COc1ccccc1N1C[C@@H](C(=O)Nc2ccc3c(c2)oc2ccccc23)CC1=O. The number of para-hydroxylation sites is 3. The smallest absolute Gasteiger partial charge is 0.229 e. The van der Waals surface area contributed by atoms with Gasteiger partial charge >= 0.3 is 0 Å². The fourth-order valence-electron chi connectivity index (χ4n) is 4.02. The molecule has 150 valence electrons. The fourth-order valence-corrected chi connectivity index (χ4v) is 4.02. The number of amides is 2. The van der Waals surface area contributed by atoms with Gasteiger partial charge in [0.2, 0.25) is 11.8 Å². The van der Waals surface area contributed by atoms with E-state index in [1.54, 1.807) is 18.1 Å². The van der Waals surface area contributed by atoms with Gasteiger partial charge in [-0.15, -0.1) is 0 Å². The van der Waals surface area contributed by atoms with Crippen molar-refractivity contribution < 1.29 is 18.7 Å². The third kappa shape index (κ3) is 3.06. The Morgan fingerprint density at radius 1 is 1.03 bits per heavy atom. The van der Waals surface area contributed by atoms with Gasteiger partial charge in [0.25, 0.3) is 0 Å². The lowest BCUT2D eigenvalue weighted by atomic mass is 10.1. The van der Waals surface area contributed by atoms with Crippen LogP contribution >= 0.6 is 0 Å². The van der Waals surface area contributed by atoms with Gasteiger partial charge in [-0.05, 0) is 30.3 Å². The number of furan rings is 1. The van der Waals surface area contributed by atoms with Crippen molar-refractivity contribution in [3.63, 3.8) is 0 Å². The van der Waals surface area contributed by atoms with Crippen LogP contribution < -0.4 is 15.0 Å². The van der Waals surface area contributed by atoms with Crippen molar-refractivity contribution in [2.45, 2.75) is 6.42 Å². The zero-order valence-electron chi connectivity index (χ0n) is 16.4. The minimum absolute atomic E-state index is 0.0904. The fraction of sp³-hybridized carbons (Fsp3) is 0.167. The monoisotopic (exact) mass is 400 g/mol. The van der Waals surface area contributed by atoms with E-state index < -0.39 is 5.92 Å². The van der Waals surface area contributed by atoms with Crippen LogP contribution in [0.25, 0.3) is 21.9 Å². The van der Waals surface area contributed by atoms with Crippen LogP contribution in [0.2, 0.25) is 0 Å². The first kappa shape index (κ1) is 18.2. The highest BCUT2D eigenvalue weighted by atomic mass is 16.5. The van der Waals surface area contributed by atoms with E-state index >= 15 is 0 Å². The largest absolute Gasteiger partial charge is 0.495 e. The molecule has 2 amide bonds. The topological polar surface area (TPSA) is 71.8 Å². The van der Waals surface area contributed by atoms with Crippen LogP contribution in [0.5, 0.6) is 5.75 Å². The number of methoxy groups -OCH3 is 1. The molecule has 30 heavy (non-hydrogen) atoms. The molecule has 0 saturated carbocycles. The molecule has 1 aliphatic heterocycles. The molecule has 6 heteroatoms. The quantitative estimate of drug-likeness (QED) is 0.544. The Morgan fingerprint density at radius 2 is 1.80 bits per heavy atom. The number of hydrogen-bond donors (Lipinski definition) is 1. The molecule has 1 saturated heterocycles.